The van der Waals surface area contributed by atoms with E-state index in [1.54, 1.807) is 31.3 Å². The first-order chi connectivity index (χ1) is 10.5. The van der Waals surface area contributed by atoms with Gasteiger partial charge >= 0.3 is 0 Å². The van der Waals surface area contributed by atoms with Crippen LogP contribution in [0.15, 0.2) is 48.5 Å². The number of carbonyl (C=O) groups is 2. The molecule has 2 rings (SSSR count). The van der Waals surface area contributed by atoms with E-state index in [4.69, 9.17) is 0 Å². The third kappa shape index (κ3) is 3.88. The molecule has 22 heavy (non-hydrogen) atoms. The summed E-state index contributed by atoms with van der Waals surface area (Å²) in [6, 6.07) is 11.6. The second-order valence-electron chi connectivity index (χ2n) is 4.64. The minimum Gasteiger partial charge on any atom is -0.323 e. The van der Waals surface area contributed by atoms with E-state index in [9.17, 15) is 18.4 Å². The SMILES string of the molecule is CN(C(=O)CC(=O)Nc1ccc(F)cc1F)c1ccccc1. The molecule has 0 unspecified atom stereocenters. The summed E-state index contributed by atoms with van der Waals surface area (Å²) in [5.74, 6) is -2.74. The van der Waals surface area contributed by atoms with Crippen molar-refractivity contribution in [3.05, 3.63) is 60.2 Å². The monoisotopic (exact) mass is 304 g/mol. The standard InChI is InChI=1S/C16H14F2N2O2/c1-20(12-5-3-2-4-6-12)16(22)10-15(21)19-14-8-7-11(17)9-13(14)18/h2-9H,10H2,1H3,(H,19,21). The topological polar surface area (TPSA) is 49.4 Å². The molecule has 0 saturated carbocycles. The molecule has 0 aliphatic carbocycles. The number of halogens is 2. The second-order valence-corrected chi connectivity index (χ2v) is 4.64. The van der Waals surface area contributed by atoms with Gasteiger partial charge in [0, 0.05) is 18.8 Å². The predicted molar refractivity (Wildman–Crippen MR) is 79.5 cm³/mol. The maximum absolute atomic E-state index is 13.4. The van der Waals surface area contributed by atoms with Crippen molar-refractivity contribution in [2.75, 3.05) is 17.3 Å². The first-order valence-electron chi connectivity index (χ1n) is 6.54. The smallest absolute Gasteiger partial charge is 0.236 e. The molecule has 0 radical (unpaired) electrons. The molecule has 114 valence electrons. The van der Waals surface area contributed by atoms with Crippen LogP contribution in [0.4, 0.5) is 20.2 Å². The van der Waals surface area contributed by atoms with Gasteiger partial charge in [0.1, 0.15) is 18.1 Å². The fourth-order valence-corrected chi connectivity index (χ4v) is 1.84. The van der Waals surface area contributed by atoms with Crippen LogP contribution in [-0.4, -0.2) is 18.9 Å². The van der Waals surface area contributed by atoms with Gasteiger partial charge in [-0.1, -0.05) is 18.2 Å². The van der Waals surface area contributed by atoms with Crippen molar-refractivity contribution < 1.29 is 18.4 Å². The van der Waals surface area contributed by atoms with E-state index in [1.165, 1.54) is 4.90 Å². The molecule has 0 bridgehead atoms. The molecule has 0 heterocycles. The van der Waals surface area contributed by atoms with Crippen LogP contribution >= 0.6 is 0 Å². The number of rotatable bonds is 4. The van der Waals surface area contributed by atoms with Crippen molar-refractivity contribution in [2.45, 2.75) is 6.42 Å². The molecule has 0 spiro atoms. The van der Waals surface area contributed by atoms with Crippen molar-refractivity contribution in [1.29, 1.82) is 0 Å². The van der Waals surface area contributed by atoms with Gasteiger partial charge < -0.3 is 10.2 Å². The van der Waals surface area contributed by atoms with Gasteiger partial charge in [-0.3, -0.25) is 9.59 Å². The highest BCUT2D eigenvalue weighted by molar-refractivity contribution is 6.08. The Morgan fingerprint density at radius 2 is 1.77 bits per heavy atom. The Hall–Kier alpha value is -2.76. The summed E-state index contributed by atoms with van der Waals surface area (Å²) in [6.07, 6.45) is -0.442. The quantitative estimate of drug-likeness (QED) is 0.883. The largest absolute Gasteiger partial charge is 0.323 e. The minimum atomic E-state index is -0.891. The van der Waals surface area contributed by atoms with Crippen molar-refractivity contribution >= 4 is 23.2 Å². The zero-order valence-corrected chi connectivity index (χ0v) is 11.8. The van der Waals surface area contributed by atoms with Gasteiger partial charge in [-0.2, -0.15) is 0 Å². The lowest BCUT2D eigenvalue weighted by molar-refractivity contribution is -0.125. The Bertz CT molecular complexity index is 690. The minimum absolute atomic E-state index is 0.165. The van der Waals surface area contributed by atoms with Gasteiger partial charge in [0.05, 0.1) is 5.69 Å². The van der Waals surface area contributed by atoms with E-state index < -0.39 is 29.9 Å². The summed E-state index contributed by atoms with van der Waals surface area (Å²) >= 11 is 0. The van der Waals surface area contributed by atoms with E-state index in [1.807, 2.05) is 6.07 Å². The number of benzene rings is 2. The molecule has 0 saturated heterocycles. The van der Waals surface area contributed by atoms with Crippen molar-refractivity contribution in [3.8, 4) is 0 Å². The zero-order valence-electron chi connectivity index (χ0n) is 11.8. The highest BCUT2D eigenvalue weighted by Gasteiger charge is 2.16. The van der Waals surface area contributed by atoms with Crippen molar-refractivity contribution in [3.63, 3.8) is 0 Å². The number of nitrogens with one attached hydrogen (secondary N) is 1. The maximum Gasteiger partial charge on any atom is 0.236 e. The summed E-state index contributed by atoms with van der Waals surface area (Å²) in [5, 5.41) is 2.25. The van der Waals surface area contributed by atoms with Crippen LogP contribution in [0.25, 0.3) is 0 Å². The molecule has 0 aliphatic rings. The Morgan fingerprint density at radius 1 is 1.09 bits per heavy atom. The first-order valence-corrected chi connectivity index (χ1v) is 6.54. The van der Waals surface area contributed by atoms with Crippen LogP contribution in [0.1, 0.15) is 6.42 Å². The zero-order chi connectivity index (χ0) is 16.1. The third-order valence-corrected chi connectivity index (χ3v) is 3.03. The van der Waals surface area contributed by atoms with Crippen molar-refractivity contribution in [1.82, 2.24) is 0 Å². The predicted octanol–water partition coefficient (Wildman–Crippen LogP) is 2.96. The molecule has 2 amide bonds. The average Bonchev–Trinajstić information content (AvgIpc) is 2.50. The number of amides is 2. The first kappa shape index (κ1) is 15.6. The lowest BCUT2D eigenvalue weighted by Gasteiger charge is -2.17. The number of anilines is 2. The summed E-state index contributed by atoms with van der Waals surface area (Å²) in [5.41, 5.74) is 0.481. The fourth-order valence-electron chi connectivity index (χ4n) is 1.84. The van der Waals surface area contributed by atoms with Crippen LogP contribution in [0.2, 0.25) is 0 Å². The van der Waals surface area contributed by atoms with Gasteiger partial charge in [-0.25, -0.2) is 8.78 Å². The summed E-state index contributed by atoms with van der Waals surface area (Å²) in [7, 11) is 1.55. The third-order valence-electron chi connectivity index (χ3n) is 3.03. The van der Waals surface area contributed by atoms with E-state index in [-0.39, 0.29) is 5.69 Å². The molecule has 2 aromatic rings. The van der Waals surface area contributed by atoms with Gasteiger partial charge in [0.2, 0.25) is 11.8 Å². The van der Waals surface area contributed by atoms with E-state index in [2.05, 4.69) is 5.32 Å². The lowest BCUT2D eigenvalue weighted by Crippen LogP contribution is -2.30. The number of nitrogens with zero attached hydrogens (tertiary/aromatic N) is 1. The Morgan fingerprint density at radius 3 is 2.41 bits per heavy atom. The molecule has 4 nitrogen and oxygen atoms in total. The van der Waals surface area contributed by atoms with Crippen LogP contribution in [0.3, 0.4) is 0 Å². The van der Waals surface area contributed by atoms with Gasteiger partial charge in [0.25, 0.3) is 0 Å². The number of carbonyl (C=O) groups excluding carboxylic acids is 2. The Labute approximate surface area is 126 Å². The molecule has 0 aromatic heterocycles. The van der Waals surface area contributed by atoms with E-state index >= 15 is 0 Å². The van der Waals surface area contributed by atoms with Gasteiger partial charge in [-0.05, 0) is 24.3 Å². The maximum atomic E-state index is 13.4. The normalized spacial score (nSPS) is 10.1. The molecule has 0 aliphatic heterocycles. The number of hydrogen-bond acceptors (Lipinski definition) is 2. The molecule has 0 atom stereocenters. The van der Waals surface area contributed by atoms with Crippen LogP contribution in [0, 0.1) is 11.6 Å². The van der Waals surface area contributed by atoms with Crippen LogP contribution in [-0.2, 0) is 9.59 Å². The summed E-state index contributed by atoms with van der Waals surface area (Å²) < 4.78 is 26.2. The Balaban J connectivity index is 1.98. The average molecular weight is 304 g/mol. The van der Waals surface area contributed by atoms with E-state index in [0.717, 1.165) is 12.1 Å². The van der Waals surface area contributed by atoms with Gasteiger partial charge in [-0.15, -0.1) is 0 Å². The molecule has 0 fully saturated rings. The molecule has 1 N–H and O–H groups in total. The highest BCUT2D eigenvalue weighted by Crippen LogP contribution is 2.16. The van der Waals surface area contributed by atoms with Crippen LogP contribution in [0.5, 0.6) is 0 Å². The van der Waals surface area contributed by atoms with Gasteiger partial charge in [0.15, 0.2) is 0 Å². The molecule has 2 aromatic carbocycles. The fraction of sp³-hybridized carbons (Fsp3) is 0.125. The molecular formula is C16H14F2N2O2. The molecule has 6 heteroatoms. The summed E-state index contributed by atoms with van der Waals surface area (Å²) in [4.78, 5) is 25.1. The Kier molecular flexibility index (Phi) is 4.83. The van der Waals surface area contributed by atoms with Crippen LogP contribution < -0.4 is 10.2 Å². The number of para-hydroxylation sites is 1. The highest BCUT2D eigenvalue weighted by atomic mass is 19.1. The lowest BCUT2D eigenvalue weighted by atomic mass is 10.2. The summed E-state index contributed by atoms with van der Waals surface area (Å²) in [6.45, 7) is 0. The van der Waals surface area contributed by atoms with E-state index in [0.29, 0.717) is 11.8 Å². The molecular weight excluding hydrogens is 290 g/mol. The number of hydrogen-bond donors (Lipinski definition) is 1. The second kappa shape index (κ2) is 6.80. The van der Waals surface area contributed by atoms with Crippen molar-refractivity contribution in [2.24, 2.45) is 0 Å².